The number of aromatic nitrogens is 1. The summed E-state index contributed by atoms with van der Waals surface area (Å²) >= 11 is 0. The van der Waals surface area contributed by atoms with Crippen molar-refractivity contribution in [2.75, 3.05) is 21.9 Å². The summed E-state index contributed by atoms with van der Waals surface area (Å²) in [5, 5.41) is 0. The molecule has 1 N–H and O–H groups in total. The molecule has 5 nitrogen and oxygen atoms in total. The number of nitrogens with one attached hydrogen (secondary N) is 1. The fourth-order valence-corrected chi connectivity index (χ4v) is 4.14. The summed E-state index contributed by atoms with van der Waals surface area (Å²) in [6, 6.07) is 23.5. The van der Waals surface area contributed by atoms with Gasteiger partial charge in [-0.25, -0.2) is 13.4 Å². The van der Waals surface area contributed by atoms with Gasteiger partial charge >= 0.3 is 0 Å². The molecule has 0 atom stereocenters. The minimum Gasteiger partial charge on any atom is -0.327 e. The summed E-state index contributed by atoms with van der Waals surface area (Å²) in [6.07, 6.45) is 2.87. The number of sulfonamides is 1. The largest absolute Gasteiger partial charge is 0.327 e. The number of anilines is 3. The molecule has 6 heteroatoms. The van der Waals surface area contributed by atoms with E-state index in [1.165, 1.54) is 0 Å². The van der Waals surface area contributed by atoms with Crippen LogP contribution in [0.25, 0.3) is 0 Å². The molecular weight excluding hydrogens is 370 g/mol. The molecule has 0 bridgehead atoms. The molecule has 0 unspecified atom stereocenters. The molecule has 3 rings (SSSR count). The minimum absolute atomic E-state index is 0.0781. The zero-order chi connectivity index (χ0) is 19.8. The van der Waals surface area contributed by atoms with Crippen LogP contribution in [0.5, 0.6) is 0 Å². The highest BCUT2D eigenvalue weighted by Crippen LogP contribution is 2.24. The van der Waals surface area contributed by atoms with Crippen molar-refractivity contribution in [3.05, 3.63) is 84.6 Å². The van der Waals surface area contributed by atoms with Gasteiger partial charge in [-0.2, -0.15) is 0 Å². The van der Waals surface area contributed by atoms with Crippen LogP contribution in [-0.4, -0.2) is 25.7 Å². The van der Waals surface area contributed by atoms with Crippen LogP contribution < -0.4 is 9.62 Å². The van der Waals surface area contributed by atoms with Crippen LogP contribution in [0.2, 0.25) is 0 Å². The molecule has 2 aromatic carbocycles. The molecule has 3 aromatic rings. The fourth-order valence-electron chi connectivity index (χ4n) is 3.03. The Morgan fingerprint density at radius 2 is 1.61 bits per heavy atom. The Kier molecular flexibility index (Phi) is 6.66. The van der Waals surface area contributed by atoms with E-state index in [4.69, 9.17) is 0 Å². The highest BCUT2D eigenvalue weighted by atomic mass is 32.2. The number of nitrogens with zero attached hydrogens (tertiary/aromatic N) is 2. The van der Waals surface area contributed by atoms with E-state index in [1.54, 1.807) is 12.3 Å². The van der Waals surface area contributed by atoms with Gasteiger partial charge in [0, 0.05) is 12.2 Å². The molecule has 0 amide bonds. The predicted molar refractivity (Wildman–Crippen MR) is 116 cm³/mol. The molecule has 0 aliphatic carbocycles. The standard InChI is InChI=1S/C22H25N3O2S/c1-2-25(21-13-7-4-8-14-21)22-16-15-20(18-23-22)24-28(26,27)17-9-12-19-10-5-3-6-11-19/h3-8,10-11,13-16,18,24H,2,9,12,17H2,1H3. The van der Waals surface area contributed by atoms with Crippen LogP contribution in [0.3, 0.4) is 0 Å². The number of rotatable bonds is 9. The van der Waals surface area contributed by atoms with Crippen LogP contribution in [0.1, 0.15) is 18.9 Å². The normalized spacial score (nSPS) is 11.2. The Bertz CT molecular complexity index is 960. The third kappa shape index (κ3) is 5.57. The van der Waals surface area contributed by atoms with Gasteiger partial charge in [-0.1, -0.05) is 48.5 Å². The predicted octanol–water partition coefficient (Wildman–Crippen LogP) is 4.61. The first-order chi connectivity index (χ1) is 13.6. The first-order valence-electron chi connectivity index (χ1n) is 9.40. The molecule has 28 heavy (non-hydrogen) atoms. The molecule has 0 spiro atoms. The van der Waals surface area contributed by atoms with Gasteiger partial charge in [0.1, 0.15) is 5.82 Å². The second-order valence-electron chi connectivity index (χ2n) is 6.49. The first-order valence-corrected chi connectivity index (χ1v) is 11.1. The van der Waals surface area contributed by atoms with E-state index in [-0.39, 0.29) is 5.75 Å². The van der Waals surface area contributed by atoms with Crippen molar-refractivity contribution in [2.45, 2.75) is 19.8 Å². The van der Waals surface area contributed by atoms with Crippen molar-refractivity contribution in [2.24, 2.45) is 0 Å². The van der Waals surface area contributed by atoms with Crippen molar-refractivity contribution in [1.82, 2.24) is 4.98 Å². The molecule has 0 saturated carbocycles. The highest BCUT2D eigenvalue weighted by molar-refractivity contribution is 7.92. The van der Waals surface area contributed by atoms with Crippen molar-refractivity contribution in [3.63, 3.8) is 0 Å². The number of benzene rings is 2. The van der Waals surface area contributed by atoms with Crippen LogP contribution in [-0.2, 0) is 16.4 Å². The molecule has 1 heterocycles. The SMILES string of the molecule is CCN(c1ccccc1)c1ccc(NS(=O)(=O)CCCc2ccccc2)cn1. The van der Waals surface area contributed by atoms with E-state index in [9.17, 15) is 8.42 Å². The Hall–Kier alpha value is -2.86. The third-order valence-corrected chi connectivity index (χ3v) is 5.78. The summed E-state index contributed by atoms with van der Waals surface area (Å²) in [4.78, 5) is 6.50. The van der Waals surface area contributed by atoms with Gasteiger partial charge in [0.25, 0.3) is 0 Å². The summed E-state index contributed by atoms with van der Waals surface area (Å²) in [7, 11) is -3.40. The number of hydrogen-bond donors (Lipinski definition) is 1. The molecule has 146 valence electrons. The van der Waals surface area contributed by atoms with E-state index >= 15 is 0 Å². The maximum absolute atomic E-state index is 12.3. The van der Waals surface area contributed by atoms with Gasteiger partial charge in [-0.15, -0.1) is 0 Å². The van der Waals surface area contributed by atoms with Crippen molar-refractivity contribution in [3.8, 4) is 0 Å². The monoisotopic (exact) mass is 395 g/mol. The smallest absolute Gasteiger partial charge is 0.232 e. The molecule has 0 radical (unpaired) electrons. The summed E-state index contributed by atoms with van der Waals surface area (Å²) < 4.78 is 27.3. The molecule has 0 saturated heterocycles. The molecule has 0 aliphatic rings. The van der Waals surface area contributed by atoms with Gasteiger partial charge < -0.3 is 4.90 Å². The number of aryl methyl sites for hydroxylation is 1. The average molecular weight is 396 g/mol. The maximum Gasteiger partial charge on any atom is 0.232 e. The maximum atomic E-state index is 12.3. The quantitative estimate of drug-likeness (QED) is 0.574. The number of hydrogen-bond acceptors (Lipinski definition) is 4. The van der Waals surface area contributed by atoms with Crippen molar-refractivity contribution < 1.29 is 8.42 Å². The molecule has 0 fully saturated rings. The van der Waals surface area contributed by atoms with Crippen molar-refractivity contribution in [1.29, 1.82) is 0 Å². The van der Waals surface area contributed by atoms with Crippen molar-refractivity contribution >= 4 is 27.2 Å². The lowest BCUT2D eigenvalue weighted by Gasteiger charge is -2.22. The van der Waals surface area contributed by atoms with Gasteiger partial charge in [0.2, 0.25) is 10.0 Å². The second-order valence-corrected chi connectivity index (χ2v) is 8.34. The first kappa shape index (κ1) is 19.9. The van der Waals surface area contributed by atoms with Gasteiger partial charge in [-0.05, 0) is 49.6 Å². The van der Waals surface area contributed by atoms with E-state index in [2.05, 4.69) is 21.5 Å². The van der Waals surface area contributed by atoms with Gasteiger partial charge in [0.15, 0.2) is 0 Å². The number of para-hydroxylation sites is 1. The Morgan fingerprint density at radius 1 is 0.929 bits per heavy atom. The lowest BCUT2D eigenvalue weighted by molar-refractivity contribution is 0.598. The Labute approximate surface area is 167 Å². The van der Waals surface area contributed by atoms with Gasteiger partial charge in [0.05, 0.1) is 17.6 Å². The molecule has 1 aromatic heterocycles. The third-order valence-electron chi connectivity index (χ3n) is 4.40. The zero-order valence-corrected chi connectivity index (χ0v) is 16.8. The Morgan fingerprint density at radius 3 is 2.21 bits per heavy atom. The van der Waals surface area contributed by atoms with Crippen LogP contribution in [0, 0.1) is 0 Å². The van der Waals surface area contributed by atoms with E-state index in [0.29, 0.717) is 12.1 Å². The zero-order valence-electron chi connectivity index (χ0n) is 16.0. The Balaban J connectivity index is 1.59. The minimum atomic E-state index is -3.40. The van der Waals surface area contributed by atoms with Crippen LogP contribution >= 0.6 is 0 Å². The van der Waals surface area contributed by atoms with Gasteiger partial charge in [-0.3, -0.25) is 4.72 Å². The lowest BCUT2D eigenvalue weighted by Crippen LogP contribution is -2.19. The fraction of sp³-hybridized carbons (Fsp3) is 0.227. The lowest BCUT2D eigenvalue weighted by atomic mass is 10.1. The number of pyridine rings is 1. The second kappa shape index (κ2) is 9.37. The van der Waals surface area contributed by atoms with Crippen LogP contribution in [0.15, 0.2) is 79.0 Å². The highest BCUT2D eigenvalue weighted by Gasteiger charge is 2.12. The van der Waals surface area contributed by atoms with E-state index in [1.807, 2.05) is 66.7 Å². The summed E-state index contributed by atoms with van der Waals surface area (Å²) in [5.41, 5.74) is 2.67. The molecule has 0 aliphatic heterocycles. The topological polar surface area (TPSA) is 62.3 Å². The van der Waals surface area contributed by atoms with Crippen LogP contribution in [0.4, 0.5) is 17.2 Å². The molecular formula is C22H25N3O2S. The van der Waals surface area contributed by atoms with E-state index < -0.39 is 10.0 Å². The summed E-state index contributed by atoms with van der Waals surface area (Å²) in [6.45, 7) is 2.82. The van der Waals surface area contributed by atoms with E-state index in [0.717, 1.165) is 30.0 Å². The average Bonchev–Trinajstić information content (AvgIpc) is 2.71. The summed E-state index contributed by atoms with van der Waals surface area (Å²) in [5.74, 6) is 0.857.